The van der Waals surface area contributed by atoms with Crippen molar-refractivity contribution >= 4 is 22.4 Å². The van der Waals surface area contributed by atoms with Crippen molar-refractivity contribution in [2.75, 3.05) is 0 Å². The fourth-order valence-corrected chi connectivity index (χ4v) is 3.67. The van der Waals surface area contributed by atoms with Crippen LogP contribution in [0.25, 0.3) is 0 Å². The van der Waals surface area contributed by atoms with Gasteiger partial charge in [-0.15, -0.1) is 0 Å². The average Bonchev–Trinajstić information content (AvgIpc) is 2.41. The van der Waals surface area contributed by atoms with E-state index in [0.29, 0.717) is 16.5 Å². The summed E-state index contributed by atoms with van der Waals surface area (Å²) in [5.74, 6) is 1.07. The maximum absolute atomic E-state index is 12.3. The molecule has 0 heterocycles. The van der Waals surface area contributed by atoms with Crippen LogP contribution >= 0.6 is 11.6 Å². The third kappa shape index (κ3) is 4.69. The normalized spacial score (nSPS) is 13.1. The Kier molecular flexibility index (Phi) is 5.23. The summed E-state index contributed by atoms with van der Waals surface area (Å²) >= 11 is 6.11. The van der Waals surface area contributed by atoms with Crippen molar-refractivity contribution in [3.05, 3.63) is 70.2 Å². The molecular formula is C18H21ClOS. The van der Waals surface area contributed by atoms with Crippen molar-refractivity contribution in [2.24, 2.45) is 0 Å². The second kappa shape index (κ2) is 6.76. The minimum Gasteiger partial charge on any atom is -0.259 e. The molecule has 2 aromatic carbocycles. The predicted molar refractivity (Wildman–Crippen MR) is 92.1 cm³/mol. The molecule has 0 unspecified atom stereocenters. The maximum atomic E-state index is 12.3. The molecule has 2 aromatic rings. The lowest BCUT2D eigenvalue weighted by Gasteiger charge is -2.19. The molecule has 2 rings (SSSR count). The molecule has 0 amide bonds. The molecule has 3 heteroatoms. The zero-order chi connectivity index (χ0) is 15.5. The Balaban J connectivity index is 2.02. The Labute approximate surface area is 134 Å². The molecule has 0 bridgehead atoms. The largest absolute Gasteiger partial charge is 0.259 e. The standard InChI is InChI=1S/C18H21ClOS/c1-18(2,3)16-10-8-14(9-11-16)12-21(20)13-15-6-4-5-7-17(15)19/h4-11H,12-13H2,1-3H3/t21-/m0/s1. The van der Waals surface area contributed by atoms with Gasteiger partial charge in [0.15, 0.2) is 0 Å². The van der Waals surface area contributed by atoms with E-state index in [0.717, 1.165) is 11.1 Å². The van der Waals surface area contributed by atoms with E-state index < -0.39 is 10.8 Å². The van der Waals surface area contributed by atoms with Crippen molar-refractivity contribution in [3.63, 3.8) is 0 Å². The van der Waals surface area contributed by atoms with E-state index in [1.54, 1.807) is 0 Å². The summed E-state index contributed by atoms with van der Waals surface area (Å²) in [7, 11) is -0.944. The molecule has 0 radical (unpaired) electrons. The van der Waals surface area contributed by atoms with Gasteiger partial charge in [0.25, 0.3) is 0 Å². The topological polar surface area (TPSA) is 17.1 Å². The van der Waals surface area contributed by atoms with E-state index >= 15 is 0 Å². The fraction of sp³-hybridized carbons (Fsp3) is 0.333. The molecule has 0 fully saturated rings. The number of hydrogen-bond acceptors (Lipinski definition) is 1. The molecular weight excluding hydrogens is 300 g/mol. The van der Waals surface area contributed by atoms with Crippen LogP contribution in [0.2, 0.25) is 5.02 Å². The van der Waals surface area contributed by atoms with E-state index in [9.17, 15) is 4.21 Å². The Morgan fingerprint density at radius 2 is 1.57 bits per heavy atom. The predicted octanol–water partition coefficient (Wildman–Crippen LogP) is 5.09. The molecule has 0 saturated carbocycles. The van der Waals surface area contributed by atoms with E-state index in [-0.39, 0.29) is 5.41 Å². The average molecular weight is 321 g/mol. The molecule has 1 atom stereocenters. The molecule has 1 nitrogen and oxygen atoms in total. The lowest BCUT2D eigenvalue weighted by molar-refractivity contribution is 0.590. The molecule has 0 N–H and O–H groups in total. The van der Waals surface area contributed by atoms with Gasteiger partial charge in [-0.25, -0.2) is 0 Å². The van der Waals surface area contributed by atoms with E-state index in [2.05, 4.69) is 45.0 Å². The van der Waals surface area contributed by atoms with Crippen LogP contribution in [0, 0.1) is 0 Å². The Morgan fingerprint density at radius 1 is 0.952 bits per heavy atom. The highest BCUT2D eigenvalue weighted by Crippen LogP contribution is 2.23. The highest BCUT2D eigenvalue weighted by Gasteiger charge is 2.13. The van der Waals surface area contributed by atoms with E-state index in [1.165, 1.54) is 5.56 Å². The third-order valence-corrected chi connectivity index (χ3v) is 5.08. The lowest BCUT2D eigenvalue weighted by atomic mass is 9.87. The van der Waals surface area contributed by atoms with E-state index in [4.69, 9.17) is 11.6 Å². The molecule has 0 aliphatic heterocycles. The van der Waals surface area contributed by atoms with Crippen molar-refractivity contribution in [1.29, 1.82) is 0 Å². The van der Waals surface area contributed by atoms with Crippen LogP contribution in [0.15, 0.2) is 48.5 Å². The molecule has 0 saturated heterocycles. The number of halogens is 1. The number of benzene rings is 2. The van der Waals surface area contributed by atoms with Crippen molar-refractivity contribution in [3.8, 4) is 0 Å². The SMILES string of the molecule is CC(C)(C)c1ccc(C[S@](=O)Cc2ccccc2Cl)cc1. The van der Waals surface area contributed by atoms with Crippen LogP contribution in [0.3, 0.4) is 0 Å². The fourth-order valence-electron chi connectivity index (χ4n) is 2.13. The first kappa shape index (κ1) is 16.3. The monoisotopic (exact) mass is 320 g/mol. The zero-order valence-corrected chi connectivity index (χ0v) is 14.3. The molecule has 112 valence electrons. The first-order chi connectivity index (χ1) is 9.86. The Bertz CT molecular complexity index is 626. The second-order valence-electron chi connectivity index (χ2n) is 6.27. The zero-order valence-electron chi connectivity index (χ0n) is 12.7. The van der Waals surface area contributed by atoms with Gasteiger partial charge in [-0.3, -0.25) is 4.21 Å². The van der Waals surface area contributed by atoms with E-state index in [1.807, 2.05) is 24.3 Å². The summed E-state index contributed by atoms with van der Waals surface area (Å²) in [6, 6.07) is 16.0. The smallest absolute Gasteiger partial charge is 0.0503 e. The minimum absolute atomic E-state index is 0.148. The van der Waals surface area contributed by atoms with Gasteiger partial charge in [0.1, 0.15) is 0 Å². The minimum atomic E-state index is -0.944. The summed E-state index contributed by atoms with van der Waals surface area (Å²) in [6.07, 6.45) is 0. The lowest BCUT2D eigenvalue weighted by Crippen LogP contribution is -2.10. The van der Waals surface area contributed by atoms with Crippen LogP contribution in [-0.4, -0.2) is 4.21 Å². The summed E-state index contributed by atoms with van der Waals surface area (Å²) in [5.41, 5.74) is 3.50. The van der Waals surface area contributed by atoms with Gasteiger partial charge in [0.2, 0.25) is 0 Å². The van der Waals surface area contributed by atoms with Gasteiger partial charge in [-0.2, -0.15) is 0 Å². The van der Waals surface area contributed by atoms with Crippen LogP contribution in [0.4, 0.5) is 0 Å². The highest BCUT2D eigenvalue weighted by atomic mass is 35.5. The van der Waals surface area contributed by atoms with Gasteiger partial charge in [-0.05, 0) is 28.2 Å². The van der Waals surface area contributed by atoms with Crippen LogP contribution < -0.4 is 0 Å². The van der Waals surface area contributed by atoms with Crippen molar-refractivity contribution in [2.45, 2.75) is 37.7 Å². The second-order valence-corrected chi connectivity index (χ2v) is 8.13. The molecule has 21 heavy (non-hydrogen) atoms. The Morgan fingerprint density at radius 3 is 2.14 bits per heavy atom. The molecule has 0 aliphatic carbocycles. The van der Waals surface area contributed by atoms with Gasteiger partial charge in [-0.1, -0.05) is 74.8 Å². The molecule has 0 aromatic heterocycles. The summed E-state index contributed by atoms with van der Waals surface area (Å²) in [6.45, 7) is 6.58. The summed E-state index contributed by atoms with van der Waals surface area (Å²) in [5, 5.41) is 0.689. The summed E-state index contributed by atoms with van der Waals surface area (Å²) in [4.78, 5) is 0. The van der Waals surface area contributed by atoms with Gasteiger partial charge in [0, 0.05) is 21.6 Å². The van der Waals surface area contributed by atoms with Crippen molar-refractivity contribution < 1.29 is 4.21 Å². The van der Waals surface area contributed by atoms with Crippen LogP contribution in [-0.2, 0) is 27.7 Å². The third-order valence-electron chi connectivity index (χ3n) is 3.42. The number of rotatable bonds is 4. The van der Waals surface area contributed by atoms with Crippen LogP contribution in [0.5, 0.6) is 0 Å². The molecule has 0 aliphatic rings. The van der Waals surface area contributed by atoms with Crippen molar-refractivity contribution in [1.82, 2.24) is 0 Å². The first-order valence-electron chi connectivity index (χ1n) is 7.04. The van der Waals surface area contributed by atoms with Crippen LogP contribution in [0.1, 0.15) is 37.5 Å². The quantitative estimate of drug-likeness (QED) is 0.767. The number of hydrogen-bond donors (Lipinski definition) is 0. The Hall–Kier alpha value is -1.12. The molecule has 0 spiro atoms. The first-order valence-corrected chi connectivity index (χ1v) is 8.90. The van der Waals surface area contributed by atoms with Gasteiger partial charge >= 0.3 is 0 Å². The summed E-state index contributed by atoms with van der Waals surface area (Å²) < 4.78 is 12.3. The maximum Gasteiger partial charge on any atom is 0.0503 e. The van der Waals surface area contributed by atoms with Gasteiger partial charge < -0.3 is 0 Å². The van der Waals surface area contributed by atoms with Gasteiger partial charge in [0.05, 0.1) is 5.75 Å². The highest BCUT2D eigenvalue weighted by molar-refractivity contribution is 7.83.